The first kappa shape index (κ1) is 17.1. The third kappa shape index (κ3) is 3.53. The van der Waals surface area contributed by atoms with Gasteiger partial charge >= 0.3 is 0 Å². The summed E-state index contributed by atoms with van der Waals surface area (Å²) in [6.07, 6.45) is 3.59. The average molecular weight is 396 g/mol. The molecule has 4 rings (SSSR count). The van der Waals surface area contributed by atoms with Crippen molar-refractivity contribution in [2.24, 2.45) is 0 Å². The summed E-state index contributed by atoms with van der Waals surface area (Å²) in [6.45, 7) is 1.44. The molecular formula is C19H18BrN5. The highest BCUT2D eigenvalue weighted by Gasteiger charge is 2.18. The Labute approximate surface area is 156 Å². The van der Waals surface area contributed by atoms with Crippen LogP contribution >= 0.6 is 0 Å². The number of halogens is 1. The smallest absolute Gasteiger partial charge is 0.293 e. The van der Waals surface area contributed by atoms with Gasteiger partial charge in [-0.05, 0) is 11.1 Å². The van der Waals surface area contributed by atoms with E-state index in [4.69, 9.17) is 5.73 Å². The summed E-state index contributed by atoms with van der Waals surface area (Å²) < 4.78 is 4.08. The number of nitrogen functional groups attached to an aromatic ring is 1. The van der Waals surface area contributed by atoms with Crippen molar-refractivity contribution in [3.63, 3.8) is 0 Å². The number of aromatic nitrogens is 4. The van der Waals surface area contributed by atoms with Crippen LogP contribution in [0.3, 0.4) is 0 Å². The molecule has 25 heavy (non-hydrogen) atoms. The number of anilines is 1. The molecule has 0 aliphatic heterocycles. The number of imidazole rings is 1. The van der Waals surface area contributed by atoms with E-state index < -0.39 is 0 Å². The van der Waals surface area contributed by atoms with Crippen molar-refractivity contribution >= 4 is 17.0 Å². The van der Waals surface area contributed by atoms with E-state index in [1.807, 2.05) is 47.3 Å². The fourth-order valence-corrected chi connectivity index (χ4v) is 2.89. The predicted molar refractivity (Wildman–Crippen MR) is 93.2 cm³/mol. The fraction of sp³-hybridized carbons (Fsp3) is 0.105. The van der Waals surface area contributed by atoms with Gasteiger partial charge in [0.05, 0.1) is 13.1 Å². The van der Waals surface area contributed by atoms with Crippen LogP contribution in [0.25, 0.3) is 11.2 Å². The second kappa shape index (κ2) is 7.44. The second-order valence-corrected chi connectivity index (χ2v) is 5.77. The Balaban J connectivity index is 0.00000182. The number of hydrogen-bond acceptors (Lipinski definition) is 3. The molecule has 0 radical (unpaired) electrons. The van der Waals surface area contributed by atoms with Crippen molar-refractivity contribution in [2.75, 3.05) is 5.73 Å². The van der Waals surface area contributed by atoms with Gasteiger partial charge in [-0.1, -0.05) is 70.6 Å². The molecule has 2 heterocycles. The Morgan fingerprint density at radius 1 is 0.880 bits per heavy atom. The number of nitrogens with two attached hydrogens (primary N) is 1. The Morgan fingerprint density at radius 3 is 2.20 bits per heavy atom. The highest BCUT2D eigenvalue weighted by molar-refractivity contribution is 5.79. The van der Waals surface area contributed by atoms with Crippen LogP contribution < -0.4 is 27.3 Å². The predicted octanol–water partition coefficient (Wildman–Crippen LogP) is -0.598. The molecule has 126 valence electrons. The summed E-state index contributed by atoms with van der Waals surface area (Å²) in [7, 11) is 0. The largest absolute Gasteiger partial charge is 1.00 e. The van der Waals surface area contributed by atoms with Crippen LogP contribution in [-0.2, 0) is 13.1 Å². The van der Waals surface area contributed by atoms with Crippen molar-refractivity contribution in [3.05, 3.63) is 84.4 Å². The van der Waals surface area contributed by atoms with Gasteiger partial charge in [0.25, 0.3) is 5.65 Å². The van der Waals surface area contributed by atoms with E-state index in [0.717, 1.165) is 17.7 Å². The van der Waals surface area contributed by atoms with E-state index in [1.54, 1.807) is 6.33 Å². The SMILES string of the molecule is Nc1nc[n+](Cc2ccccc2)c2ncn(Cc3ccccc3)c12.[Br-]. The summed E-state index contributed by atoms with van der Waals surface area (Å²) in [5.74, 6) is 0.503. The number of fused-ring (bicyclic) bond motifs is 1. The summed E-state index contributed by atoms with van der Waals surface area (Å²) in [5.41, 5.74) is 10.3. The maximum Gasteiger partial charge on any atom is 0.293 e. The lowest BCUT2D eigenvalue weighted by molar-refractivity contribution is -0.667. The zero-order chi connectivity index (χ0) is 16.4. The highest BCUT2D eigenvalue weighted by Crippen LogP contribution is 2.16. The highest BCUT2D eigenvalue weighted by atomic mass is 79.9. The molecule has 5 nitrogen and oxygen atoms in total. The minimum absolute atomic E-state index is 0. The number of hydrogen-bond donors (Lipinski definition) is 1. The van der Waals surface area contributed by atoms with Gasteiger partial charge in [-0.3, -0.25) is 0 Å². The third-order valence-electron chi connectivity index (χ3n) is 4.06. The Kier molecular flexibility index (Phi) is 5.09. The van der Waals surface area contributed by atoms with Gasteiger partial charge in [-0.15, -0.1) is 0 Å². The maximum atomic E-state index is 6.13. The summed E-state index contributed by atoms with van der Waals surface area (Å²) in [4.78, 5) is 8.94. The zero-order valence-corrected chi connectivity index (χ0v) is 15.2. The van der Waals surface area contributed by atoms with Gasteiger partial charge in [0.15, 0.2) is 11.8 Å². The maximum absolute atomic E-state index is 6.13. The topological polar surface area (TPSA) is 60.6 Å². The van der Waals surface area contributed by atoms with Crippen molar-refractivity contribution in [3.8, 4) is 0 Å². The van der Waals surface area contributed by atoms with Crippen LogP contribution in [0.15, 0.2) is 73.3 Å². The molecule has 0 aliphatic carbocycles. The molecule has 0 aliphatic rings. The lowest BCUT2D eigenvalue weighted by Crippen LogP contribution is -3.00. The molecular weight excluding hydrogens is 378 g/mol. The normalized spacial score (nSPS) is 10.6. The van der Waals surface area contributed by atoms with E-state index in [2.05, 4.69) is 38.8 Å². The lowest BCUT2D eigenvalue weighted by atomic mass is 10.2. The van der Waals surface area contributed by atoms with Gasteiger partial charge in [-0.2, -0.15) is 0 Å². The van der Waals surface area contributed by atoms with E-state index in [-0.39, 0.29) is 17.0 Å². The van der Waals surface area contributed by atoms with Gasteiger partial charge in [0, 0.05) is 0 Å². The Morgan fingerprint density at radius 2 is 1.52 bits per heavy atom. The van der Waals surface area contributed by atoms with E-state index in [9.17, 15) is 0 Å². The van der Waals surface area contributed by atoms with E-state index in [0.29, 0.717) is 12.4 Å². The second-order valence-electron chi connectivity index (χ2n) is 5.77. The summed E-state index contributed by atoms with van der Waals surface area (Å²) in [6, 6.07) is 20.5. The molecule has 0 bridgehead atoms. The average Bonchev–Trinajstić information content (AvgIpc) is 3.04. The number of benzene rings is 2. The van der Waals surface area contributed by atoms with Gasteiger partial charge in [-0.25, -0.2) is 4.57 Å². The van der Waals surface area contributed by atoms with Crippen LogP contribution in [0.5, 0.6) is 0 Å². The Bertz CT molecular complexity index is 967. The van der Waals surface area contributed by atoms with Crippen LogP contribution in [-0.4, -0.2) is 14.5 Å². The molecule has 0 unspecified atom stereocenters. The van der Waals surface area contributed by atoms with Gasteiger partial charge < -0.3 is 27.3 Å². The minimum atomic E-state index is 0. The van der Waals surface area contributed by atoms with Crippen molar-refractivity contribution in [1.29, 1.82) is 0 Å². The van der Waals surface area contributed by atoms with Crippen molar-refractivity contribution < 1.29 is 21.5 Å². The van der Waals surface area contributed by atoms with Gasteiger partial charge in [0.1, 0.15) is 0 Å². The lowest BCUT2D eigenvalue weighted by Gasteiger charge is -2.05. The minimum Gasteiger partial charge on any atom is -1.00 e. The van der Waals surface area contributed by atoms with E-state index in [1.165, 1.54) is 11.1 Å². The third-order valence-corrected chi connectivity index (χ3v) is 4.06. The van der Waals surface area contributed by atoms with E-state index >= 15 is 0 Å². The monoisotopic (exact) mass is 395 g/mol. The molecule has 2 aromatic heterocycles. The van der Waals surface area contributed by atoms with Crippen molar-refractivity contribution in [2.45, 2.75) is 13.1 Å². The summed E-state index contributed by atoms with van der Waals surface area (Å²) >= 11 is 0. The van der Waals surface area contributed by atoms with Crippen LogP contribution in [0.2, 0.25) is 0 Å². The zero-order valence-electron chi connectivity index (χ0n) is 13.6. The quantitative estimate of drug-likeness (QED) is 0.469. The molecule has 0 spiro atoms. The van der Waals surface area contributed by atoms with Gasteiger partial charge in [0.2, 0.25) is 12.1 Å². The molecule has 0 atom stereocenters. The molecule has 2 N–H and O–H groups in total. The molecule has 0 fully saturated rings. The molecule has 6 heteroatoms. The molecule has 0 saturated heterocycles. The molecule has 0 amide bonds. The number of rotatable bonds is 4. The molecule has 0 saturated carbocycles. The van der Waals surface area contributed by atoms with Crippen LogP contribution in [0.1, 0.15) is 11.1 Å². The first-order valence-electron chi connectivity index (χ1n) is 7.88. The standard InChI is InChI=1S/C19H17N5.BrH/c20-18-17-19(22-14-23(17)11-15-7-3-1-4-8-15)24(13-21-18)12-16-9-5-2-6-10-16;/h1-10,13-14,20H,11-12H2;1H. The fourth-order valence-electron chi connectivity index (χ4n) is 2.89. The molecule has 4 aromatic rings. The molecule has 2 aromatic carbocycles. The Hall–Kier alpha value is -2.73. The number of nitrogens with zero attached hydrogens (tertiary/aromatic N) is 4. The van der Waals surface area contributed by atoms with Crippen molar-refractivity contribution in [1.82, 2.24) is 14.5 Å². The first-order chi connectivity index (χ1) is 11.8. The van der Waals surface area contributed by atoms with Crippen LogP contribution in [0, 0.1) is 0 Å². The first-order valence-corrected chi connectivity index (χ1v) is 7.88. The van der Waals surface area contributed by atoms with Crippen LogP contribution in [0.4, 0.5) is 5.82 Å². The summed E-state index contributed by atoms with van der Waals surface area (Å²) in [5, 5.41) is 0.